The first kappa shape index (κ1) is 27.3. The highest BCUT2D eigenvalue weighted by atomic mass is 127. The molecule has 0 radical (unpaired) electrons. The van der Waals surface area contributed by atoms with Crippen molar-refractivity contribution in [2.45, 2.75) is 70.7 Å². The molecule has 182 valence electrons. The highest BCUT2D eigenvalue weighted by Crippen LogP contribution is 2.16. The number of rotatable bonds is 9. The van der Waals surface area contributed by atoms with Crippen LogP contribution < -0.4 is 10.6 Å². The lowest BCUT2D eigenvalue weighted by Crippen LogP contribution is -2.50. The molecular weight excluding hydrogens is 513 g/mol. The first-order valence-corrected chi connectivity index (χ1v) is 12.2. The summed E-state index contributed by atoms with van der Waals surface area (Å²) in [6.45, 7) is 11.9. The fourth-order valence-corrected chi connectivity index (χ4v) is 4.55. The number of nitrogens with one attached hydrogen (secondary N) is 2. The van der Waals surface area contributed by atoms with Crippen LogP contribution in [-0.2, 0) is 11.3 Å². The summed E-state index contributed by atoms with van der Waals surface area (Å²) in [5.41, 5.74) is 1.40. The lowest BCUT2D eigenvalue weighted by molar-refractivity contribution is 0.00534. The Kier molecular flexibility index (Phi) is 12.9. The average molecular weight is 558 g/mol. The van der Waals surface area contributed by atoms with Crippen LogP contribution in [0.3, 0.4) is 0 Å². The molecule has 0 amide bonds. The van der Waals surface area contributed by atoms with Gasteiger partial charge in [0.05, 0.1) is 6.10 Å². The molecule has 0 saturated carbocycles. The van der Waals surface area contributed by atoms with Gasteiger partial charge in [0, 0.05) is 65.0 Å². The molecule has 2 aliphatic rings. The van der Waals surface area contributed by atoms with Gasteiger partial charge in [-0.05, 0) is 51.5 Å². The Morgan fingerprint density at radius 3 is 2.38 bits per heavy atom. The number of aliphatic imine (C=N–C) groups is 1. The molecule has 2 saturated heterocycles. The van der Waals surface area contributed by atoms with Gasteiger partial charge in [-0.15, -0.1) is 24.0 Å². The van der Waals surface area contributed by atoms with E-state index in [9.17, 15) is 0 Å². The van der Waals surface area contributed by atoms with Gasteiger partial charge in [-0.2, -0.15) is 0 Å². The topological polar surface area (TPSA) is 52.1 Å². The Hall–Kier alpha value is -0.900. The van der Waals surface area contributed by atoms with E-state index in [0.29, 0.717) is 18.2 Å². The summed E-state index contributed by atoms with van der Waals surface area (Å²) in [4.78, 5) is 9.49. The lowest BCUT2D eigenvalue weighted by Gasteiger charge is -2.35. The third kappa shape index (κ3) is 9.53. The fraction of sp³-hybridized carbons (Fsp3) is 0.720. The predicted molar refractivity (Wildman–Crippen MR) is 145 cm³/mol. The van der Waals surface area contributed by atoms with Gasteiger partial charge in [-0.3, -0.25) is 9.89 Å². The maximum Gasteiger partial charge on any atom is 0.191 e. The molecule has 3 rings (SSSR count). The van der Waals surface area contributed by atoms with Crippen molar-refractivity contribution in [3.63, 3.8) is 0 Å². The molecule has 32 heavy (non-hydrogen) atoms. The summed E-state index contributed by atoms with van der Waals surface area (Å²) in [5, 5.41) is 7.06. The van der Waals surface area contributed by atoms with Gasteiger partial charge in [0.25, 0.3) is 0 Å². The number of benzene rings is 1. The number of ether oxygens (including phenoxy) is 1. The van der Waals surface area contributed by atoms with Crippen molar-refractivity contribution in [3.8, 4) is 0 Å². The van der Waals surface area contributed by atoms with Crippen LogP contribution in [0.2, 0.25) is 0 Å². The van der Waals surface area contributed by atoms with E-state index < -0.39 is 0 Å². The van der Waals surface area contributed by atoms with E-state index in [1.54, 1.807) is 0 Å². The van der Waals surface area contributed by atoms with Crippen molar-refractivity contribution in [1.29, 1.82) is 0 Å². The van der Waals surface area contributed by atoms with Gasteiger partial charge in [-0.25, -0.2) is 0 Å². The normalized spacial score (nSPS) is 19.7. The Balaban J connectivity index is 0.00000363. The number of hydrogen-bond donors (Lipinski definition) is 2. The van der Waals surface area contributed by atoms with Crippen LogP contribution in [0.15, 0.2) is 35.3 Å². The molecule has 2 aliphatic heterocycles. The largest absolute Gasteiger partial charge is 0.378 e. The van der Waals surface area contributed by atoms with E-state index >= 15 is 0 Å². The standard InChI is InChI=1S/C25H43N5O.HI/c1-21(2)30-17-10-23(11-18-30)28-25(26-3)27-14-7-19-31-24-12-15-29(16-13-24)20-22-8-5-4-6-9-22;/h4-6,8-9,21,23-24H,7,10-20H2,1-3H3,(H2,26,27,28);1H. The molecule has 0 bridgehead atoms. The van der Waals surface area contributed by atoms with Crippen LogP contribution in [0.5, 0.6) is 0 Å². The smallest absolute Gasteiger partial charge is 0.191 e. The van der Waals surface area contributed by atoms with Crippen LogP contribution in [0.4, 0.5) is 0 Å². The first-order valence-electron chi connectivity index (χ1n) is 12.2. The highest BCUT2D eigenvalue weighted by molar-refractivity contribution is 14.0. The van der Waals surface area contributed by atoms with Gasteiger partial charge in [0.2, 0.25) is 0 Å². The quantitative estimate of drug-likeness (QED) is 0.210. The summed E-state index contributed by atoms with van der Waals surface area (Å²) in [7, 11) is 1.86. The van der Waals surface area contributed by atoms with E-state index in [0.717, 1.165) is 58.0 Å². The highest BCUT2D eigenvalue weighted by Gasteiger charge is 2.22. The molecule has 0 spiro atoms. The van der Waals surface area contributed by atoms with Gasteiger partial charge < -0.3 is 20.3 Å². The van der Waals surface area contributed by atoms with Crippen LogP contribution in [0.25, 0.3) is 0 Å². The Morgan fingerprint density at radius 1 is 1.06 bits per heavy atom. The number of hydrogen-bond acceptors (Lipinski definition) is 4. The maximum absolute atomic E-state index is 6.15. The van der Waals surface area contributed by atoms with E-state index in [1.807, 2.05) is 7.05 Å². The third-order valence-corrected chi connectivity index (χ3v) is 6.58. The summed E-state index contributed by atoms with van der Waals surface area (Å²) >= 11 is 0. The predicted octanol–water partition coefficient (Wildman–Crippen LogP) is 3.71. The Bertz CT molecular complexity index is 641. The molecular formula is C25H44IN5O. The average Bonchev–Trinajstić information content (AvgIpc) is 2.80. The SMILES string of the molecule is CN=C(NCCCOC1CCN(Cc2ccccc2)CC1)NC1CCN(C(C)C)CC1.I. The molecule has 1 aromatic rings. The van der Waals surface area contributed by atoms with Crippen LogP contribution in [-0.4, -0.2) is 80.3 Å². The molecule has 0 unspecified atom stereocenters. The van der Waals surface area contributed by atoms with Gasteiger partial charge in [0.15, 0.2) is 5.96 Å². The Morgan fingerprint density at radius 2 is 1.75 bits per heavy atom. The number of nitrogens with zero attached hydrogens (tertiary/aromatic N) is 3. The zero-order chi connectivity index (χ0) is 21.9. The van der Waals surface area contributed by atoms with Gasteiger partial charge >= 0.3 is 0 Å². The second kappa shape index (κ2) is 15.1. The monoisotopic (exact) mass is 557 g/mol. The molecule has 0 aliphatic carbocycles. The van der Waals surface area contributed by atoms with Crippen molar-refractivity contribution in [2.24, 2.45) is 4.99 Å². The summed E-state index contributed by atoms with van der Waals surface area (Å²) < 4.78 is 6.15. The van der Waals surface area contributed by atoms with Crippen LogP contribution in [0.1, 0.15) is 51.5 Å². The maximum atomic E-state index is 6.15. The second-order valence-electron chi connectivity index (χ2n) is 9.23. The lowest BCUT2D eigenvalue weighted by atomic mass is 10.0. The van der Waals surface area contributed by atoms with E-state index in [-0.39, 0.29) is 24.0 Å². The summed E-state index contributed by atoms with van der Waals surface area (Å²) in [5.74, 6) is 0.928. The van der Waals surface area contributed by atoms with Gasteiger partial charge in [0.1, 0.15) is 0 Å². The molecule has 0 atom stereocenters. The molecule has 0 aromatic heterocycles. The van der Waals surface area contributed by atoms with Gasteiger partial charge in [-0.1, -0.05) is 30.3 Å². The van der Waals surface area contributed by atoms with Crippen molar-refractivity contribution in [3.05, 3.63) is 35.9 Å². The Labute approximate surface area is 212 Å². The minimum absolute atomic E-state index is 0. The van der Waals surface area contributed by atoms with Crippen molar-refractivity contribution < 1.29 is 4.74 Å². The second-order valence-corrected chi connectivity index (χ2v) is 9.23. The number of piperidine rings is 2. The first-order chi connectivity index (χ1) is 15.1. The van der Waals surface area contributed by atoms with E-state index in [1.165, 1.54) is 31.5 Å². The summed E-state index contributed by atoms with van der Waals surface area (Å²) in [6, 6.07) is 11.9. The van der Waals surface area contributed by atoms with Crippen LogP contribution in [0, 0.1) is 0 Å². The number of guanidine groups is 1. The molecule has 1 aromatic carbocycles. The molecule has 2 N–H and O–H groups in total. The molecule has 2 heterocycles. The van der Waals surface area contributed by atoms with E-state index in [4.69, 9.17) is 4.74 Å². The molecule has 7 heteroatoms. The van der Waals surface area contributed by atoms with E-state index in [2.05, 4.69) is 69.6 Å². The van der Waals surface area contributed by atoms with Crippen molar-refractivity contribution in [2.75, 3.05) is 46.4 Å². The van der Waals surface area contributed by atoms with Crippen molar-refractivity contribution in [1.82, 2.24) is 20.4 Å². The van der Waals surface area contributed by atoms with Crippen LogP contribution >= 0.6 is 24.0 Å². The minimum atomic E-state index is 0. The fourth-order valence-electron chi connectivity index (χ4n) is 4.55. The molecule has 2 fully saturated rings. The number of likely N-dealkylation sites (tertiary alicyclic amines) is 2. The zero-order valence-electron chi connectivity index (χ0n) is 20.3. The minimum Gasteiger partial charge on any atom is -0.378 e. The molecule has 6 nitrogen and oxygen atoms in total. The summed E-state index contributed by atoms with van der Waals surface area (Å²) in [6.07, 6.45) is 6.07. The van der Waals surface area contributed by atoms with Crippen molar-refractivity contribution >= 4 is 29.9 Å². The third-order valence-electron chi connectivity index (χ3n) is 6.58. The number of halogens is 1. The zero-order valence-corrected chi connectivity index (χ0v) is 22.6.